The van der Waals surface area contributed by atoms with Crippen LogP contribution in [-0.2, 0) is 17.8 Å². The molecular weight excluding hydrogens is 392 g/mol. The van der Waals surface area contributed by atoms with Gasteiger partial charge in [-0.15, -0.1) is 0 Å². The van der Waals surface area contributed by atoms with E-state index in [0.29, 0.717) is 31.5 Å². The molecule has 26 heavy (non-hydrogen) atoms. The van der Waals surface area contributed by atoms with E-state index < -0.39 is 0 Å². The lowest BCUT2D eigenvalue weighted by atomic mass is 10.1. The van der Waals surface area contributed by atoms with Crippen LogP contribution >= 0.6 is 15.9 Å². The maximum absolute atomic E-state index is 12.0. The van der Waals surface area contributed by atoms with Crippen molar-refractivity contribution in [3.8, 4) is 0 Å². The summed E-state index contributed by atoms with van der Waals surface area (Å²) in [6.45, 7) is 3.26. The van der Waals surface area contributed by atoms with Gasteiger partial charge in [-0.1, -0.05) is 53.5 Å². The van der Waals surface area contributed by atoms with Crippen molar-refractivity contribution in [2.75, 3.05) is 6.54 Å². The molecule has 0 aromatic heterocycles. The summed E-state index contributed by atoms with van der Waals surface area (Å²) >= 11 is 3.43. The highest BCUT2D eigenvalue weighted by Crippen LogP contribution is 2.13. The summed E-state index contributed by atoms with van der Waals surface area (Å²) in [6, 6.07) is 15.3. The van der Waals surface area contributed by atoms with E-state index in [2.05, 4.69) is 33.5 Å². The van der Waals surface area contributed by atoms with Crippen molar-refractivity contribution in [2.45, 2.75) is 39.2 Å². The second-order valence-corrected chi connectivity index (χ2v) is 7.13. The van der Waals surface area contributed by atoms with E-state index in [0.717, 1.165) is 28.4 Å². The summed E-state index contributed by atoms with van der Waals surface area (Å²) in [4.78, 5) is 24.0. The number of amides is 2. The van der Waals surface area contributed by atoms with E-state index in [1.165, 1.54) is 0 Å². The Morgan fingerprint density at radius 1 is 1.00 bits per heavy atom. The van der Waals surface area contributed by atoms with Gasteiger partial charge in [-0.2, -0.15) is 0 Å². The number of hydrogen-bond donors (Lipinski definition) is 2. The number of hydrogen-bond acceptors (Lipinski definition) is 2. The number of aryl methyl sites for hydroxylation is 1. The summed E-state index contributed by atoms with van der Waals surface area (Å²) in [6.07, 6.45) is 3.20. The molecule has 0 radical (unpaired) electrons. The van der Waals surface area contributed by atoms with Crippen molar-refractivity contribution >= 4 is 27.7 Å². The number of carbonyl (C=O) groups is 2. The minimum Gasteiger partial charge on any atom is -0.352 e. The third-order valence-corrected chi connectivity index (χ3v) is 4.54. The molecule has 5 heteroatoms. The molecule has 0 atom stereocenters. The Kier molecular flexibility index (Phi) is 8.35. The van der Waals surface area contributed by atoms with E-state index >= 15 is 0 Å². The summed E-state index contributed by atoms with van der Waals surface area (Å²) < 4.78 is 1.02. The van der Waals surface area contributed by atoms with Crippen molar-refractivity contribution in [1.82, 2.24) is 10.6 Å². The number of rotatable bonds is 9. The Morgan fingerprint density at radius 2 is 1.77 bits per heavy atom. The molecule has 0 unspecified atom stereocenters. The smallest absolute Gasteiger partial charge is 0.251 e. The van der Waals surface area contributed by atoms with Gasteiger partial charge < -0.3 is 10.6 Å². The zero-order valence-corrected chi connectivity index (χ0v) is 16.6. The summed E-state index contributed by atoms with van der Waals surface area (Å²) in [7, 11) is 0. The van der Waals surface area contributed by atoms with Crippen LogP contribution in [-0.4, -0.2) is 18.4 Å². The molecule has 2 rings (SSSR count). The first kappa shape index (κ1) is 20.2. The van der Waals surface area contributed by atoms with Crippen LogP contribution in [0.2, 0.25) is 0 Å². The quantitative estimate of drug-likeness (QED) is 0.600. The highest BCUT2D eigenvalue weighted by molar-refractivity contribution is 9.10. The number of carbonyl (C=O) groups excluding carboxylic acids is 2. The van der Waals surface area contributed by atoms with E-state index in [1.807, 2.05) is 36.4 Å². The molecule has 0 spiro atoms. The number of halogens is 1. The van der Waals surface area contributed by atoms with Crippen molar-refractivity contribution in [3.05, 3.63) is 69.7 Å². The minimum absolute atomic E-state index is 0.0198. The van der Waals surface area contributed by atoms with E-state index in [4.69, 9.17) is 0 Å². The van der Waals surface area contributed by atoms with Crippen molar-refractivity contribution in [3.63, 3.8) is 0 Å². The van der Waals surface area contributed by atoms with E-state index in [-0.39, 0.29) is 11.8 Å². The Labute approximate surface area is 163 Å². The topological polar surface area (TPSA) is 58.2 Å². The molecule has 2 aromatic rings. The Balaban J connectivity index is 1.74. The van der Waals surface area contributed by atoms with Crippen LogP contribution in [0.5, 0.6) is 0 Å². The van der Waals surface area contributed by atoms with Crippen LogP contribution in [0.15, 0.2) is 53.0 Å². The molecule has 0 aliphatic heterocycles. The van der Waals surface area contributed by atoms with Crippen LogP contribution in [0, 0.1) is 0 Å². The summed E-state index contributed by atoms with van der Waals surface area (Å²) in [5, 5.41) is 5.82. The molecule has 0 heterocycles. The van der Waals surface area contributed by atoms with Crippen LogP contribution in [0.4, 0.5) is 0 Å². The zero-order valence-electron chi connectivity index (χ0n) is 15.1. The largest absolute Gasteiger partial charge is 0.352 e. The number of nitrogens with one attached hydrogen (secondary N) is 2. The fraction of sp³-hybridized carbons (Fsp3) is 0.333. The Morgan fingerprint density at radius 3 is 2.46 bits per heavy atom. The lowest BCUT2D eigenvalue weighted by molar-refractivity contribution is -0.121. The molecule has 0 saturated carbocycles. The Bertz CT molecular complexity index is 729. The predicted octanol–water partition coefficient (Wildman–Crippen LogP) is 4.23. The van der Waals surface area contributed by atoms with Crippen LogP contribution < -0.4 is 10.6 Å². The molecular formula is C21H25BrN2O2. The average molecular weight is 417 g/mol. The summed E-state index contributed by atoms with van der Waals surface area (Å²) in [5.41, 5.74) is 2.75. The van der Waals surface area contributed by atoms with Gasteiger partial charge in [-0.05, 0) is 48.2 Å². The first-order valence-electron chi connectivity index (χ1n) is 8.96. The highest BCUT2D eigenvalue weighted by atomic mass is 79.9. The normalized spacial score (nSPS) is 10.4. The lowest BCUT2D eigenvalue weighted by Gasteiger charge is -2.08. The van der Waals surface area contributed by atoms with Gasteiger partial charge in [-0.25, -0.2) is 0 Å². The maximum Gasteiger partial charge on any atom is 0.251 e. The molecule has 2 aromatic carbocycles. The zero-order chi connectivity index (χ0) is 18.8. The van der Waals surface area contributed by atoms with Gasteiger partial charge in [0.25, 0.3) is 5.91 Å². The molecule has 0 aliphatic rings. The van der Waals surface area contributed by atoms with Gasteiger partial charge in [0.05, 0.1) is 0 Å². The standard InChI is InChI=1S/C21H25BrN2O2/c1-2-3-13-23-21(26)18-10-7-17(8-11-18)15-24-20(25)12-9-16-5-4-6-19(22)14-16/h4-8,10-11,14H,2-3,9,12-13,15H2,1H3,(H,23,26)(H,24,25). The SMILES string of the molecule is CCCCNC(=O)c1ccc(CNC(=O)CCc2cccc(Br)c2)cc1. The molecule has 0 bridgehead atoms. The fourth-order valence-corrected chi connectivity index (χ4v) is 2.94. The molecule has 4 nitrogen and oxygen atoms in total. The third-order valence-electron chi connectivity index (χ3n) is 4.05. The van der Waals surface area contributed by atoms with Crippen LogP contribution in [0.1, 0.15) is 47.7 Å². The lowest BCUT2D eigenvalue weighted by Crippen LogP contribution is -2.25. The van der Waals surface area contributed by atoms with Gasteiger partial charge in [0, 0.05) is 29.5 Å². The predicted molar refractivity (Wildman–Crippen MR) is 108 cm³/mol. The second-order valence-electron chi connectivity index (χ2n) is 6.21. The number of unbranched alkanes of at least 4 members (excludes halogenated alkanes) is 1. The van der Waals surface area contributed by atoms with Crippen LogP contribution in [0.3, 0.4) is 0 Å². The molecule has 138 valence electrons. The van der Waals surface area contributed by atoms with Crippen molar-refractivity contribution in [1.29, 1.82) is 0 Å². The Hall–Kier alpha value is -2.14. The van der Waals surface area contributed by atoms with E-state index in [1.54, 1.807) is 12.1 Å². The van der Waals surface area contributed by atoms with Gasteiger partial charge in [0.1, 0.15) is 0 Å². The monoisotopic (exact) mass is 416 g/mol. The first-order valence-corrected chi connectivity index (χ1v) is 9.76. The van der Waals surface area contributed by atoms with Gasteiger partial charge >= 0.3 is 0 Å². The average Bonchev–Trinajstić information content (AvgIpc) is 2.65. The van der Waals surface area contributed by atoms with Crippen LogP contribution in [0.25, 0.3) is 0 Å². The van der Waals surface area contributed by atoms with Crippen molar-refractivity contribution < 1.29 is 9.59 Å². The van der Waals surface area contributed by atoms with Gasteiger partial charge in [0.15, 0.2) is 0 Å². The molecule has 0 aliphatic carbocycles. The fourth-order valence-electron chi connectivity index (χ4n) is 2.49. The molecule has 0 fully saturated rings. The first-order chi connectivity index (χ1) is 12.6. The second kappa shape index (κ2) is 10.8. The van der Waals surface area contributed by atoms with Gasteiger partial charge in [0.2, 0.25) is 5.91 Å². The van der Waals surface area contributed by atoms with Gasteiger partial charge in [-0.3, -0.25) is 9.59 Å². The maximum atomic E-state index is 12.0. The summed E-state index contributed by atoms with van der Waals surface area (Å²) in [5.74, 6) is -0.0329. The minimum atomic E-state index is -0.0527. The number of benzene rings is 2. The molecule has 0 saturated heterocycles. The van der Waals surface area contributed by atoms with Crippen molar-refractivity contribution in [2.24, 2.45) is 0 Å². The third kappa shape index (κ3) is 7.00. The van der Waals surface area contributed by atoms with E-state index in [9.17, 15) is 9.59 Å². The highest BCUT2D eigenvalue weighted by Gasteiger charge is 2.06. The molecule has 2 amide bonds. The molecule has 2 N–H and O–H groups in total.